The Bertz CT molecular complexity index is 479. The summed E-state index contributed by atoms with van der Waals surface area (Å²) in [6.45, 7) is 0.337. The zero-order valence-corrected chi connectivity index (χ0v) is 17.1. The minimum Gasteiger partial charge on any atom is -0.359 e. The van der Waals surface area contributed by atoms with Crippen LogP contribution in [-0.2, 0) is 25.0 Å². The first kappa shape index (κ1) is 23.2. The molecule has 1 aromatic carbocycles. The maximum Gasteiger partial charge on any atom is 0.324 e. The molecule has 1 atom stereocenters. The molecule has 0 heterocycles. The summed E-state index contributed by atoms with van der Waals surface area (Å²) in [5.74, 6) is -0.353. The van der Waals surface area contributed by atoms with Crippen LogP contribution in [0.5, 0.6) is 0 Å². The van der Waals surface area contributed by atoms with Crippen molar-refractivity contribution in [1.82, 2.24) is 0 Å². The Kier molecular flexibility index (Phi) is 13.6. The summed E-state index contributed by atoms with van der Waals surface area (Å²) < 4.78 is 15.0. The zero-order valence-electron chi connectivity index (χ0n) is 15.6. The molecule has 0 spiro atoms. The molecule has 4 nitrogen and oxygen atoms in total. The fourth-order valence-electron chi connectivity index (χ4n) is 2.86. The third kappa shape index (κ3) is 11.7. The average molecular weight is 405 g/mol. The van der Waals surface area contributed by atoms with Crippen LogP contribution >= 0.6 is 23.5 Å². The fourth-order valence-corrected chi connectivity index (χ4v) is 3.06. The second-order valence-electron chi connectivity index (χ2n) is 6.47. The first-order valence-corrected chi connectivity index (χ1v) is 10.0. The van der Waals surface area contributed by atoms with Crippen LogP contribution in [0.2, 0.25) is 5.02 Å². The summed E-state index contributed by atoms with van der Waals surface area (Å²) in [5, 5.41) is 0.779. The highest BCUT2D eigenvalue weighted by molar-refractivity contribution is 6.30. The fraction of sp³-hybridized carbons (Fsp3) is 0.650. The highest BCUT2D eigenvalue weighted by Gasteiger charge is 2.09. The standard InChI is InChI=1S/C20H30Cl2O4/c1-24-16-25-19(9-4-2-3-5-11-20(23)26-22)10-7-6-8-17-12-14-18(21)15-13-17/h12-15,19H,2-11,16H2,1H3. The van der Waals surface area contributed by atoms with E-state index in [-0.39, 0.29) is 12.1 Å². The van der Waals surface area contributed by atoms with E-state index in [1.165, 1.54) is 5.56 Å². The Morgan fingerprint density at radius 1 is 1.00 bits per heavy atom. The van der Waals surface area contributed by atoms with Gasteiger partial charge in [-0.15, -0.1) is 0 Å². The topological polar surface area (TPSA) is 44.8 Å². The van der Waals surface area contributed by atoms with E-state index in [1.54, 1.807) is 7.11 Å². The van der Waals surface area contributed by atoms with Gasteiger partial charge in [0.15, 0.2) is 0 Å². The minimum atomic E-state index is -0.353. The van der Waals surface area contributed by atoms with E-state index in [9.17, 15) is 4.79 Å². The van der Waals surface area contributed by atoms with Crippen molar-refractivity contribution in [2.75, 3.05) is 13.9 Å². The molecule has 6 heteroatoms. The molecule has 1 unspecified atom stereocenters. The maximum absolute atomic E-state index is 10.9. The van der Waals surface area contributed by atoms with Gasteiger partial charge in [0, 0.05) is 18.6 Å². The number of carbonyl (C=O) groups excluding carboxylic acids is 1. The largest absolute Gasteiger partial charge is 0.359 e. The van der Waals surface area contributed by atoms with Gasteiger partial charge >= 0.3 is 5.97 Å². The number of unbranched alkanes of at least 4 members (excludes halogenated alkanes) is 4. The highest BCUT2D eigenvalue weighted by Crippen LogP contribution is 2.17. The van der Waals surface area contributed by atoms with E-state index in [4.69, 9.17) is 32.9 Å². The van der Waals surface area contributed by atoms with Crippen molar-refractivity contribution in [2.24, 2.45) is 0 Å². The number of halogens is 2. The molecule has 1 rings (SSSR count). The molecule has 0 radical (unpaired) electrons. The second kappa shape index (κ2) is 15.3. The van der Waals surface area contributed by atoms with Gasteiger partial charge < -0.3 is 13.8 Å². The molecule has 0 saturated heterocycles. The number of methoxy groups -OCH3 is 1. The predicted molar refractivity (Wildman–Crippen MR) is 105 cm³/mol. The molecule has 0 aliphatic rings. The summed E-state index contributed by atoms with van der Waals surface area (Å²) >= 11 is 10.9. The summed E-state index contributed by atoms with van der Waals surface area (Å²) in [4.78, 5) is 10.9. The van der Waals surface area contributed by atoms with Gasteiger partial charge in [0.05, 0.1) is 6.10 Å². The van der Waals surface area contributed by atoms with Gasteiger partial charge in [-0.25, -0.2) is 0 Å². The lowest BCUT2D eigenvalue weighted by Crippen LogP contribution is -2.15. The van der Waals surface area contributed by atoms with Crippen molar-refractivity contribution in [3.8, 4) is 0 Å². The Hall–Kier alpha value is -0.810. The summed E-state index contributed by atoms with van der Waals surface area (Å²) in [6.07, 6.45) is 9.97. The van der Waals surface area contributed by atoms with Crippen molar-refractivity contribution in [3.05, 3.63) is 34.9 Å². The smallest absolute Gasteiger partial charge is 0.324 e. The Morgan fingerprint density at radius 3 is 2.31 bits per heavy atom. The van der Waals surface area contributed by atoms with Crippen molar-refractivity contribution < 1.29 is 18.6 Å². The quantitative estimate of drug-likeness (QED) is 0.262. The number of ether oxygens (including phenoxy) is 2. The van der Waals surface area contributed by atoms with Crippen LogP contribution in [0.1, 0.15) is 63.4 Å². The van der Waals surface area contributed by atoms with Crippen molar-refractivity contribution in [3.63, 3.8) is 0 Å². The molecule has 0 amide bonds. The predicted octanol–water partition coefficient (Wildman–Crippen LogP) is 6.08. The molecule has 26 heavy (non-hydrogen) atoms. The number of benzene rings is 1. The Labute approximate surface area is 167 Å². The Balaban J connectivity index is 2.15. The van der Waals surface area contributed by atoms with E-state index in [0.29, 0.717) is 13.2 Å². The molecule has 0 N–H and O–H groups in total. The number of carbonyl (C=O) groups is 1. The van der Waals surface area contributed by atoms with E-state index in [2.05, 4.69) is 16.4 Å². The second-order valence-corrected chi connectivity index (χ2v) is 7.06. The van der Waals surface area contributed by atoms with Crippen LogP contribution in [0.25, 0.3) is 0 Å². The first-order chi connectivity index (χ1) is 12.7. The van der Waals surface area contributed by atoms with E-state index in [1.807, 2.05) is 12.1 Å². The molecular formula is C20H30Cl2O4. The van der Waals surface area contributed by atoms with E-state index in [0.717, 1.165) is 62.8 Å². The zero-order chi connectivity index (χ0) is 19.0. The molecular weight excluding hydrogens is 375 g/mol. The van der Waals surface area contributed by atoms with Gasteiger partial charge in [-0.1, -0.05) is 49.4 Å². The third-order valence-corrected chi connectivity index (χ3v) is 4.74. The summed E-state index contributed by atoms with van der Waals surface area (Å²) in [5.41, 5.74) is 1.32. The molecule has 148 valence electrons. The van der Waals surface area contributed by atoms with Gasteiger partial charge in [0.25, 0.3) is 0 Å². The van der Waals surface area contributed by atoms with Crippen LogP contribution in [0.15, 0.2) is 24.3 Å². The number of rotatable bonds is 15. The van der Waals surface area contributed by atoms with Crippen molar-refractivity contribution in [1.29, 1.82) is 0 Å². The lowest BCUT2D eigenvalue weighted by Gasteiger charge is -2.17. The van der Waals surface area contributed by atoms with Crippen molar-refractivity contribution in [2.45, 2.75) is 70.3 Å². The summed E-state index contributed by atoms with van der Waals surface area (Å²) in [6, 6.07) is 8.05. The van der Waals surface area contributed by atoms with E-state index < -0.39 is 0 Å². The SMILES string of the molecule is COCOC(CCCCCCC(=O)OCl)CCCCc1ccc(Cl)cc1. The molecule has 0 bridgehead atoms. The van der Waals surface area contributed by atoms with Crippen LogP contribution < -0.4 is 0 Å². The van der Waals surface area contributed by atoms with Crippen LogP contribution in [0, 0.1) is 0 Å². The van der Waals surface area contributed by atoms with Gasteiger partial charge in [-0.05, 0) is 49.8 Å². The number of hydrogen-bond donors (Lipinski definition) is 0. The molecule has 0 aliphatic heterocycles. The first-order valence-electron chi connectivity index (χ1n) is 9.32. The minimum absolute atomic E-state index is 0.230. The summed E-state index contributed by atoms with van der Waals surface area (Å²) in [7, 11) is 1.65. The third-order valence-electron chi connectivity index (χ3n) is 4.32. The van der Waals surface area contributed by atoms with Gasteiger partial charge in [0.1, 0.15) is 18.7 Å². The molecule has 1 aromatic rings. The maximum atomic E-state index is 10.9. The van der Waals surface area contributed by atoms with Gasteiger partial charge in [-0.3, -0.25) is 4.79 Å². The lowest BCUT2D eigenvalue weighted by molar-refractivity contribution is -0.134. The van der Waals surface area contributed by atoms with Gasteiger partial charge in [0.2, 0.25) is 0 Å². The van der Waals surface area contributed by atoms with Crippen LogP contribution in [0.4, 0.5) is 0 Å². The van der Waals surface area contributed by atoms with Gasteiger partial charge in [-0.2, -0.15) is 0 Å². The molecule has 0 aromatic heterocycles. The number of aryl methyl sites for hydroxylation is 1. The monoisotopic (exact) mass is 404 g/mol. The van der Waals surface area contributed by atoms with E-state index >= 15 is 0 Å². The highest BCUT2D eigenvalue weighted by atomic mass is 35.5. The molecule has 0 aliphatic carbocycles. The Morgan fingerprint density at radius 2 is 1.65 bits per heavy atom. The van der Waals surface area contributed by atoms with Crippen LogP contribution in [-0.4, -0.2) is 26.0 Å². The normalized spacial score (nSPS) is 12.1. The lowest BCUT2D eigenvalue weighted by atomic mass is 10.0. The molecule has 0 fully saturated rings. The average Bonchev–Trinajstić information content (AvgIpc) is 2.66. The molecule has 0 saturated carbocycles. The van der Waals surface area contributed by atoms with Crippen molar-refractivity contribution >= 4 is 29.4 Å². The van der Waals surface area contributed by atoms with Crippen LogP contribution in [0.3, 0.4) is 0 Å². The number of hydrogen-bond acceptors (Lipinski definition) is 4.